The van der Waals surface area contributed by atoms with Crippen molar-refractivity contribution in [2.75, 3.05) is 6.61 Å². The smallest absolute Gasteiger partial charge is 0.493 e. The number of fused-ring (bicyclic) bond motifs is 1. The van der Waals surface area contributed by atoms with Gasteiger partial charge in [-0.15, -0.1) is 0 Å². The maximum Gasteiger partial charge on any atom is 0.498 e. The van der Waals surface area contributed by atoms with Gasteiger partial charge in [-0.3, -0.25) is 4.79 Å². The van der Waals surface area contributed by atoms with Crippen LogP contribution >= 0.6 is 0 Å². The molecule has 4 nitrogen and oxygen atoms in total. The molecule has 0 unspecified atom stereocenters. The number of ether oxygens (including phenoxy) is 1. The Labute approximate surface area is 119 Å². The minimum atomic E-state index is -0.494. The summed E-state index contributed by atoms with van der Waals surface area (Å²) in [5.41, 5.74) is 1.71. The number of rotatable bonds is 2. The van der Waals surface area contributed by atoms with Gasteiger partial charge in [0.15, 0.2) is 0 Å². The summed E-state index contributed by atoms with van der Waals surface area (Å²) in [6, 6.07) is 3.68. The van der Waals surface area contributed by atoms with Gasteiger partial charge >= 0.3 is 7.12 Å². The molecule has 0 radical (unpaired) electrons. The quantitative estimate of drug-likeness (QED) is 0.608. The van der Waals surface area contributed by atoms with E-state index in [-0.39, 0.29) is 0 Å². The highest BCUT2D eigenvalue weighted by Gasteiger charge is 2.52. The van der Waals surface area contributed by atoms with Crippen molar-refractivity contribution >= 4 is 18.9 Å². The number of benzene rings is 1. The maximum absolute atomic E-state index is 11.1. The van der Waals surface area contributed by atoms with Gasteiger partial charge in [0.25, 0.3) is 0 Å². The maximum atomic E-state index is 11.1. The highest BCUT2D eigenvalue weighted by atomic mass is 16.7. The molecule has 1 fully saturated rings. The van der Waals surface area contributed by atoms with Crippen molar-refractivity contribution in [2.24, 2.45) is 0 Å². The first-order valence-corrected chi connectivity index (χ1v) is 6.94. The van der Waals surface area contributed by atoms with Gasteiger partial charge in [0.2, 0.25) is 0 Å². The lowest BCUT2D eigenvalue weighted by molar-refractivity contribution is 0.00578. The van der Waals surface area contributed by atoms with Crippen LogP contribution in [0.3, 0.4) is 0 Å². The van der Waals surface area contributed by atoms with Gasteiger partial charge in [-0.05, 0) is 45.4 Å². The lowest BCUT2D eigenvalue weighted by Crippen LogP contribution is -2.41. The third-order valence-corrected chi connectivity index (χ3v) is 4.48. The molecule has 0 amide bonds. The van der Waals surface area contributed by atoms with Crippen LogP contribution in [-0.4, -0.2) is 31.2 Å². The van der Waals surface area contributed by atoms with Crippen molar-refractivity contribution < 1.29 is 18.8 Å². The molecular weight excluding hydrogens is 255 g/mol. The fourth-order valence-electron chi connectivity index (χ4n) is 2.58. The molecular formula is C15H19BO4. The second kappa shape index (κ2) is 4.33. The Morgan fingerprint density at radius 3 is 2.40 bits per heavy atom. The van der Waals surface area contributed by atoms with Crippen molar-refractivity contribution in [1.29, 1.82) is 0 Å². The standard InChI is InChI=1S/C15H19BO4/c1-14(2)15(3,4)20-16(19-14)12-8-10(9-17)7-11-5-6-18-13(11)12/h7-9H,5-6H2,1-4H3. The molecule has 0 atom stereocenters. The largest absolute Gasteiger partial charge is 0.498 e. The molecule has 1 aromatic rings. The van der Waals surface area contributed by atoms with E-state index in [4.69, 9.17) is 14.0 Å². The van der Waals surface area contributed by atoms with Gasteiger partial charge in [-0.25, -0.2) is 0 Å². The lowest BCUT2D eigenvalue weighted by Gasteiger charge is -2.32. The summed E-state index contributed by atoms with van der Waals surface area (Å²) in [5, 5.41) is 0. The van der Waals surface area contributed by atoms with E-state index in [0.717, 1.165) is 29.5 Å². The van der Waals surface area contributed by atoms with Crippen LogP contribution in [0.5, 0.6) is 5.75 Å². The first-order valence-electron chi connectivity index (χ1n) is 6.94. The molecule has 1 saturated heterocycles. The molecule has 0 bridgehead atoms. The molecule has 0 N–H and O–H groups in total. The van der Waals surface area contributed by atoms with Crippen molar-refractivity contribution in [3.63, 3.8) is 0 Å². The number of carbonyl (C=O) groups is 1. The van der Waals surface area contributed by atoms with E-state index in [9.17, 15) is 4.79 Å². The fourth-order valence-corrected chi connectivity index (χ4v) is 2.58. The summed E-state index contributed by atoms with van der Waals surface area (Å²) in [5.74, 6) is 0.814. The van der Waals surface area contributed by atoms with E-state index in [2.05, 4.69) is 0 Å². The number of aldehydes is 1. The van der Waals surface area contributed by atoms with E-state index >= 15 is 0 Å². The SMILES string of the molecule is CC1(C)OB(c2cc(C=O)cc3c2OCC3)OC1(C)C. The summed E-state index contributed by atoms with van der Waals surface area (Å²) >= 11 is 0. The zero-order valence-corrected chi connectivity index (χ0v) is 12.4. The predicted molar refractivity (Wildman–Crippen MR) is 76.7 cm³/mol. The van der Waals surface area contributed by atoms with Gasteiger partial charge in [-0.1, -0.05) is 0 Å². The van der Waals surface area contributed by atoms with Gasteiger partial charge < -0.3 is 14.0 Å². The number of hydrogen-bond donors (Lipinski definition) is 0. The molecule has 0 aromatic heterocycles. The molecule has 3 rings (SSSR count). The molecule has 106 valence electrons. The highest BCUT2D eigenvalue weighted by Crippen LogP contribution is 2.38. The van der Waals surface area contributed by atoms with Crippen molar-refractivity contribution in [1.82, 2.24) is 0 Å². The Hall–Kier alpha value is -1.33. The van der Waals surface area contributed by atoms with E-state index in [1.807, 2.05) is 33.8 Å². The first-order chi connectivity index (χ1) is 9.34. The van der Waals surface area contributed by atoms with Gasteiger partial charge in [0.1, 0.15) is 12.0 Å². The zero-order valence-electron chi connectivity index (χ0n) is 12.4. The molecule has 5 heteroatoms. The molecule has 0 saturated carbocycles. The van der Waals surface area contributed by atoms with Crippen molar-refractivity contribution in [2.45, 2.75) is 45.3 Å². The third kappa shape index (κ3) is 1.96. The van der Waals surface area contributed by atoms with E-state index in [1.165, 1.54) is 0 Å². The van der Waals surface area contributed by atoms with Gasteiger partial charge in [-0.2, -0.15) is 0 Å². The minimum absolute atomic E-state index is 0.402. The van der Waals surface area contributed by atoms with Crippen molar-refractivity contribution in [3.05, 3.63) is 23.3 Å². The number of hydrogen-bond acceptors (Lipinski definition) is 4. The zero-order chi connectivity index (χ0) is 14.5. The van der Waals surface area contributed by atoms with Crippen LogP contribution in [0.25, 0.3) is 0 Å². The molecule has 2 aliphatic rings. The first kappa shape index (κ1) is 13.6. The molecule has 2 aliphatic heterocycles. The molecule has 2 heterocycles. The van der Waals surface area contributed by atoms with Crippen LogP contribution in [0.2, 0.25) is 0 Å². The highest BCUT2D eigenvalue weighted by molar-refractivity contribution is 6.63. The van der Waals surface area contributed by atoms with Crippen molar-refractivity contribution in [3.8, 4) is 5.75 Å². The predicted octanol–water partition coefficient (Wildman–Crippen LogP) is 1.73. The molecule has 0 aliphatic carbocycles. The average Bonchev–Trinajstić information content (AvgIpc) is 2.90. The van der Waals surface area contributed by atoms with Crippen LogP contribution in [0.4, 0.5) is 0 Å². The molecule has 20 heavy (non-hydrogen) atoms. The van der Waals surface area contributed by atoms with Gasteiger partial charge in [0.05, 0.1) is 17.8 Å². The Morgan fingerprint density at radius 2 is 1.80 bits per heavy atom. The fraction of sp³-hybridized carbons (Fsp3) is 0.533. The van der Waals surface area contributed by atoms with Crippen LogP contribution in [0.1, 0.15) is 43.6 Å². The van der Waals surface area contributed by atoms with E-state index < -0.39 is 18.3 Å². The van der Waals surface area contributed by atoms with Crippen LogP contribution in [0.15, 0.2) is 12.1 Å². The minimum Gasteiger partial charge on any atom is -0.493 e. The Balaban J connectivity index is 2.04. The van der Waals surface area contributed by atoms with E-state index in [0.29, 0.717) is 12.2 Å². The number of carbonyl (C=O) groups excluding carboxylic acids is 1. The molecule has 1 aromatic carbocycles. The van der Waals surface area contributed by atoms with Gasteiger partial charge in [0, 0.05) is 17.4 Å². The van der Waals surface area contributed by atoms with E-state index in [1.54, 1.807) is 6.07 Å². The Bertz CT molecular complexity index is 549. The molecule has 0 spiro atoms. The summed E-state index contributed by atoms with van der Waals surface area (Å²) in [4.78, 5) is 11.1. The average molecular weight is 274 g/mol. The summed E-state index contributed by atoms with van der Waals surface area (Å²) in [6.45, 7) is 8.69. The second-order valence-electron chi connectivity index (χ2n) is 6.40. The summed E-state index contributed by atoms with van der Waals surface area (Å²) in [7, 11) is -0.494. The topological polar surface area (TPSA) is 44.8 Å². The second-order valence-corrected chi connectivity index (χ2v) is 6.40. The summed E-state index contributed by atoms with van der Waals surface area (Å²) in [6.07, 6.45) is 1.68. The Morgan fingerprint density at radius 1 is 1.15 bits per heavy atom. The van der Waals surface area contributed by atoms with Crippen LogP contribution in [-0.2, 0) is 15.7 Å². The normalized spacial score (nSPS) is 22.5. The van der Waals surface area contributed by atoms with Crippen LogP contribution < -0.4 is 10.2 Å². The van der Waals surface area contributed by atoms with Crippen LogP contribution in [0, 0.1) is 0 Å². The third-order valence-electron chi connectivity index (χ3n) is 4.48. The summed E-state index contributed by atoms with van der Waals surface area (Å²) < 4.78 is 17.8. The lowest BCUT2D eigenvalue weighted by atomic mass is 9.76. The Kier molecular flexibility index (Phi) is 2.96. The monoisotopic (exact) mass is 274 g/mol.